The maximum atomic E-state index is 3.54. The molecule has 3 heteroatoms. The second-order valence-corrected chi connectivity index (χ2v) is 5.66. The maximum Gasteiger partial charge on any atom is 0.0423 e. The van der Waals surface area contributed by atoms with Crippen molar-refractivity contribution in [1.82, 2.24) is 5.32 Å². The monoisotopic (exact) mass is 263 g/mol. The molecule has 17 heavy (non-hydrogen) atoms. The Morgan fingerprint density at radius 3 is 2.71 bits per heavy atom. The molecule has 1 unspecified atom stereocenters. The van der Waals surface area contributed by atoms with Crippen LogP contribution in [0.25, 0.3) is 0 Å². The summed E-state index contributed by atoms with van der Waals surface area (Å²) >= 11 is 3.68. The average molecular weight is 263 g/mol. The van der Waals surface area contributed by atoms with Gasteiger partial charge in [-0.3, -0.25) is 0 Å². The van der Waals surface area contributed by atoms with E-state index in [0.29, 0.717) is 6.04 Å². The number of benzene rings is 1. The Morgan fingerprint density at radius 1 is 1.24 bits per heavy atom. The number of nitrogens with one attached hydrogen (secondary N) is 1. The highest BCUT2D eigenvalue weighted by molar-refractivity contribution is 7.99. The summed E-state index contributed by atoms with van der Waals surface area (Å²) in [4.78, 5) is 1.34. The van der Waals surface area contributed by atoms with E-state index in [0.717, 1.165) is 12.3 Å². The molecule has 0 saturated carbocycles. The molecule has 1 N–H and O–H groups in total. The first-order valence-electron chi connectivity index (χ1n) is 5.83. The number of thiophene rings is 1. The van der Waals surface area contributed by atoms with Crippen molar-refractivity contribution in [1.29, 1.82) is 0 Å². The van der Waals surface area contributed by atoms with Gasteiger partial charge in [-0.2, -0.15) is 11.3 Å². The van der Waals surface area contributed by atoms with Crippen molar-refractivity contribution in [2.24, 2.45) is 0 Å². The van der Waals surface area contributed by atoms with Gasteiger partial charge < -0.3 is 5.32 Å². The fraction of sp³-hybridized carbons (Fsp3) is 0.286. The van der Waals surface area contributed by atoms with Crippen LogP contribution < -0.4 is 5.32 Å². The van der Waals surface area contributed by atoms with Gasteiger partial charge in [0.2, 0.25) is 0 Å². The van der Waals surface area contributed by atoms with Gasteiger partial charge in [-0.15, -0.1) is 11.8 Å². The van der Waals surface area contributed by atoms with E-state index in [1.165, 1.54) is 10.5 Å². The Bertz CT molecular complexity index is 411. The summed E-state index contributed by atoms with van der Waals surface area (Å²) in [6.07, 6.45) is 0. The first-order valence-corrected chi connectivity index (χ1v) is 7.76. The van der Waals surface area contributed by atoms with Crippen LogP contribution in [0, 0.1) is 0 Å². The summed E-state index contributed by atoms with van der Waals surface area (Å²) in [6.45, 7) is 3.17. The summed E-state index contributed by atoms with van der Waals surface area (Å²) in [5, 5.41) is 7.92. The lowest BCUT2D eigenvalue weighted by atomic mass is 10.2. The second kappa shape index (κ2) is 6.84. The maximum absolute atomic E-state index is 3.54. The van der Waals surface area contributed by atoms with Gasteiger partial charge in [0.05, 0.1) is 0 Å². The van der Waals surface area contributed by atoms with Gasteiger partial charge in [0.1, 0.15) is 0 Å². The van der Waals surface area contributed by atoms with Crippen LogP contribution in [0.4, 0.5) is 0 Å². The second-order valence-electron chi connectivity index (χ2n) is 3.79. The minimum absolute atomic E-state index is 0.455. The fourth-order valence-corrected chi connectivity index (χ4v) is 3.42. The normalized spacial score (nSPS) is 12.5. The molecular weight excluding hydrogens is 246 g/mol. The van der Waals surface area contributed by atoms with E-state index in [1.54, 1.807) is 11.3 Å². The zero-order chi connectivity index (χ0) is 11.9. The van der Waals surface area contributed by atoms with Gasteiger partial charge in [-0.1, -0.05) is 25.1 Å². The molecule has 0 aliphatic carbocycles. The lowest BCUT2D eigenvalue weighted by Gasteiger charge is -2.16. The van der Waals surface area contributed by atoms with E-state index in [9.17, 15) is 0 Å². The highest BCUT2D eigenvalue weighted by Crippen LogP contribution is 2.25. The van der Waals surface area contributed by atoms with Crippen LogP contribution in [0.3, 0.4) is 0 Å². The Balaban J connectivity index is 1.95. The van der Waals surface area contributed by atoms with E-state index >= 15 is 0 Å². The van der Waals surface area contributed by atoms with Gasteiger partial charge in [0.25, 0.3) is 0 Å². The lowest BCUT2D eigenvalue weighted by Crippen LogP contribution is -2.22. The molecule has 0 radical (unpaired) electrons. The van der Waals surface area contributed by atoms with Crippen molar-refractivity contribution in [3.8, 4) is 0 Å². The average Bonchev–Trinajstić information content (AvgIpc) is 2.89. The number of thioether (sulfide) groups is 1. The van der Waals surface area contributed by atoms with Gasteiger partial charge in [0, 0.05) is 16.7 Å². The molecule has 0 spiro atoms. The minimum Gasteiger partial charge on any atom is -0.309 e. The van der Waals surface area contributed by atoms with Crippen molar-refractivity contribution in [2.45, 2.75) is 17.9 Å². The number of hydrogen-bond donors (Lipinski definition) is 1. The lowest BCUT2D eigenvalue weighted by molar-refractivity contribution is 0.608. The molecule has 0 amide bonds. The Kier molecular flexibility index (Phi) is 5.10. The molecule has 2 rings (SSSR count). The molecule has 1 aromatic heterocycles. The molecule has 2 aromatic rings. The summed E-state index contributed by atoms with van der Waals surface area (Å²) in [6, 6.07) is 13.2. The van der Waals surface area contributed by atoms with E-state index in [4.69, 9.17) is 0 Å². The summed E-state index contributed by atoms with van der Waals surface area (Å²) < 4.78 is 0. The third-order valence-electron chi connectivity index (χ3n) is 2.56. The van der Waals surface area contributed by atoms with Gasteiger partial charge >= 0.3 is 0 Å². The molecule has 90 valence electrons. The van der Waals surface area contributed by atoms with Crippen molar-refractivity contribution < 1.29 is 0 Å². The van der Waals surface area contributed by atoms with Crippen LogP contribution in [-0.4, -0.2) is 12.3 Å². The SMILES string of the molecule is CCNC(CSc1ccccc1)c1ccsc1. The molecule has 0 fully saturated rings. The molecule has 1 aromatic carbocycles. The minimum atomic E-state index is 0.455. The quantitative estimate of drug-likeness (QED) is 0.784. The van der Waals surface area contributed by atoms with Crippen LogP contribution in [0.15, 0.2) is 52.1 Å². The number of rotatable bonds is 6. The van der Waals surface area contributed by atoms with Crippen molar-refractivity contribution in [3.05, 3.63) is 52.7 Å². The number of hydrogen-bond acceptors (Lipinski definition) is 3. The van der Waals surface area contributed by atoms with Gasteiger partial charge in [-0.25, -0.2) is 0 Å². The summed E-state index contributed by atoms with van der Waals surface area (Å²) in [7, 11) is 0. The topological polar surface area (TPSA) is 12.0 Å². The van der Waals surface area contributed by atoms with Crippen LogP contribution in [0.1, 0.15) is 18.5 Å². The van der Waals surface area contributed by atoms with Crippen LogP contribution in [-0.2, 0) is 0 Å². The molecule has 0 aliphatic rings. The van der Waals surface area contributed by atoms with Crippen LogP contribution >= 0.6 is 23.1 Å². The first-order chi connectivity index (χ1) is 8.40. The van der Waals surface area contributed by atoms with Crippen molar-refractivity contribution >= 4 is 23.1 Å². The smallest absolute Gasteiger partial charge is 0.0423 e. The first kappa shape index (κ1) is 12.7. The van der Waals surface area contributed by atoms with Gasteiger partial charge in [0.15, 0.2) is 0 Å². The van der Waals surface area contributed by atoms with E-state index in [1.807, 2.05) is 11.8 Å². The highest BCUT2D eigenvalue weighted by atomic mass is 32.2. The highest BCUT2D eigenvalue weighted by Gasteiger charge is 2.10. The molecule has 0 aliphatic heterocycles. The molecule has 0 saturated heterocycles. The third-order valence-corrected chi connectivity index (χ3v) is 4.36. The standard InChI is InChI=1S/C14H17NS2/c1-2-15-14(12-8-9-16-10-12)11-17-13-6-4-3-5-7-13/h3-10,14-15H,2,11H2,1H3. The molecule has 0 bridgehead atoms. The van der Waals surface area contributed by atoms with E-state index in [2.05, 4.69) is 59.4 Å². The predicted octanol–water partition coefficient (Wildman–Crippen LogP) is 4.19. The third kappa shape index (κ3) is 3.87. The zero-order valence-electron chi connectivity index (χ0n) is 9.93. The van der Waals surface area contributed by atoms with Gasteiger partial charge in [-0.05, 0) is 41.1 Å². The fourth-order valence-electron chi connectivity index (χ4n) is 1.69. The Morgan fingerprint density at radius 2 is 2.06 bits per heavy atom. The largest absolute Gasteiger partial charge is 0.309 e. The van der Waals surface area contributed by atoms with E-state index < -0.39 is 0 Å². The zero-order valence-corrected chi connectivity index (χ0v) is 11.6. The van der Waals surface area contributed by atoms with Crippen molar-refractivity contribution in [3.63, 3.8) is 0 Å². The van der Waals surface area contributed by atoms with Crippen molar-refractivity contribution in [2.75, 3.05) is 12.3 Å². The Labute approximate surface area is 111 Å². The molecule has 1 nitrogen and oxygen atoms in total. The molecule has 1 heterocycles. The predicted molar refractivity (Wildman–Crippen MR) is 77.9 cm³/mol. The van der Waals surface area contributed by atoms with E-state index in [-0.39, 0.29) is 0 Å². The molecular formula is C14H17NS2. The summed E-state index contributed by atoms with van der Waals surface area (Å²) in [5.41, 5.74) is 1.40. The summed E-state index contributed by atoms with van der Waals surface area (Å²) in [5.74, 6) is 1.08. The Hall–Kier alpha value is -0.770. The van der Waals surface area contributed by atoms with Crippen LogP contribution in [0.2, 0.25) is 0 Å². The molecule has 1 atom stereocenters. The van der Waals surface area contributed by atoms with Crippen LogP contribution in [0.5, 0.6) is 0 Å².